The van der Waals surface area contributed by atoms with Crippen LogP contribution in [0.25, 0.3) is 0 Å². The van der Waals surface area contributed by atoms with Gasteiger partial charge in [0.15, 0.2) is 0 Å². The molecule has 0 bridgehead atoms. The number of benzene rings is 1. The highest BCUT2D eigenvalue weighted by atomic mass is 32.1. The molecule has 1 unspecified atom stereocenters. The number of rotatable bonds is 6. The van der Waals surface area contributed by atoms with Crippen LogP contribution in [-0.4, -0.2) is 85.3 Å². The number of carbonyl (C=O) groups is 2. The molecule has 1 aromatic carbocycles. The SMILES string of the molecule is CC(C)OC(=S)NCC1CN(c2ccc(N3CCN(C(=O)CO)CC3)c(F)c2)C(=O)O1. The van der Waals surface area contributed by atoms with Gasteiger partial charge in [0.2, 0.25) is 5.91 Å². The lowest BCUT2D eigenvalue weighted by molar-refractivity contribution is -0.134. The Morgan fingerprint density at radius 2 is 2.06 bits per heavy atom. The van der Waals surface area contributed by atoms with E-state index in [-0.39, 0.29) is 23.7 Å². The molecule has 0 saturated carbocycles. The van der Waals surface area contributed by atoms with E-state index in [0.29, 0.717) is 44.1 Å². The predicted molar refractivity (Wildman–Crippen MR) is 117 cm³/mol. The van der Waals surface area contributed by atoms with Crippen molar-refractivity contribution in [3.8, 4) is 0 Å². The number of hydrogen-bond donors (Lipinski definition) is 2. The Kier molecular flexibility index (Phi) is 7.50. The molecule has 0 radical (unpaired) electrons. The molecule has 2 heterocycles. The molecule has 1 aromatic rings. The molecule has 9 nitrogen and oxygen atoms in total. The molecular weight excluding hydrogens is 427 g/mol. The number of hydrogen-bond acceptors (Lipinski definition) is 7. The molecule has 2 aliphatic heterocycles. The number of nitrogens with zero attached hydrogens (tertiary/aromatic N) is 3. The van der Waals surface area contributed by atoms with Crippen molar-refractivity contribution in [3.05, 3.63) is 24.0 Å². The van der Waals surface area contributed by atoms with Crippen LogP contribution < -0.4 is 15.1 Å². The Morgan fingerprint density at radius 3 is 2.68 bits per heavy atom. The van der Waals surface area contributed by atoms with Crippen LogP contribution in [0.3, 0.4) is 0 Å². The van der Waals surface area contributed by atoms with Crippen LogP contribution in [0.1, 0.15) is 13.8 Å². The second kappa shape index (κ2) is 10.1. The number of amides is 2. The van der Waals surface area contributed by atoms with Crippen LogP contribution in [-0.2, 0) is 14.3 Å². The largest absolute Gasteiger partial charge is 0.468 e. The summed E-state index contributed by atoms with van der Waals surface area (Å²) in [6.45, 7) is 5.49. The average molecular weight is 455 g/mol. The minimum absolute atomic E-state index is 0.0535. The maximum atomic E-state index is 14.8. The number of carbonyl (C=O) groups excluding carboxylic acids is 2. The van der Waals surface area contributed by atoms with Gasteiger partial charge in [-0.2, -0.15) is 0 Å². The lowest BCUT2D eigenvalue weighted by Crippen LogP contribution is -2.49. The quantitative estimate of drug-likeness (QED) is 0.617. The Bertz CT molecular complexity index is 832. The maximum absolute atomic E-state index is 14.8. The van der Waals surface area contributed by atoms with E-state index < -0.39 is 24.6 Å². The van der Waals surface area contributed by atoms with E-state index in [2.05, 4.69) is 5.32 Å². The number of piperazine rings is 1. The van der Waals surface area contributed by atoms with E-state index in [1.165, 1.54) is 11.0 Å². The monoisotopic (exact) mass is 454 g/mol. The minimum atomic E-state index is -0.550. The van der Waals surface area contributed by atoms with Gasteiger partial charge in [-0.3, -0.25) is 9.69 Å². The summed E-state index contributed by atoms with van der Waals surface area (Å²) < 4.78 is 25.5. The predicted octanol–water partition coefficient (Wildman–Crippen LogP) is 1.09. The molecule has 0 aliphatic carbocycles. The standard InChI is InChI=1S/C20H27FN4O5S/c1-13(2)29-19(31)22-10-15-11-25(20(28)30-15)14-3-4-17(16(21)9-14)23-5-7-24(8-6-23)18(27)12-26/h3-4,9,13,15,26H,5-8,10-12H2,1-2H3,(H,22,31). The summed E-state index contributed by atoms with van der Waals surface area (Å²) >= 11 is 5.06. The van der Waals surface area contributed by atoms with E-state index >= 15 is 0 Å². The summed E-state index contributed by atoms with van der Waals surface area (Å²) in [6, 6.07) is 4.61. The third-order valence-corrected chi connectivity index (χ3v) is 5.28. The number of thiocarbonyl (C=S) groups is 1. The van der Waals surface area contributed by atoms with Crippen molar-refractivity contribution in [2.75, 3.05) is 55.7 Å². The molecule has 2 saturated heterocycles. The molecule has 2 amide bonds. The molecule has 11 heteroatoms. The number of halogens is 1. The first-order valence-corrected chi connectivity index (χ1v) is 10.5. The van der Waals surface area contributed by atoms with Gasteiger partial charge in [-0.15, -0.1) is 0 Å². The molecule has 2 N–H and O–H groups in total. The first kappa shape index (κ1) is 23.0. The number of nitrogens with one attached hydrogen (secondary N) is 1. The van der Waals surface area contributed by atoms with Gasteiger partial charge in [-0.05, 0) is 44.3 Å². The van der Waals surface area contributed by atoms with Crippen molar-refractivity contribution in [1.29, 1.82) is 0 Å². The van der Waals surface area contributed by atoms with E-state index in [4.69, 9.17) is 26.8 Å². The normalized spacial score (nSPS) is 18.9. The van der Waals surface area contributed by atoms with Crippen LogP contribution in [0.4, 0.5) is 20.6 Å². The summed E-state index contributed by atoms with van der Waals surface area (Å²) in [5.74, 6) is -0.788. The number of ether oxygens (including phenoxy) is 2. The lowest BCUT2D eigenvalue weighted by Gasteiger charge is -2.36. The highest BCUT2D eigenvalue weighted by molar-refractivity contribution is 7.80. The molecule has 170 valence electrons. The Morgan fingerprint density at radius 1 is 1.35 bits per heavy atom. The van der Waals surface area contributed by atoms with Crippen molar-refractivity contribution >= 4 is 40.8 Å². The van der Waals surface area contributed by atoms with Gasteiger partial charge in [0.05, 0.1) is 30.6 Å². The number of aliphatic hydroxyl groups is 1. The van der Waals surface area contributed by atoms with Gasteiger partial charge in [-0.1, -0.05) is 0 Å². The van der Waals surface area contributed by atoms with Gasteiger partial charge >= 0.3 is 6.09 Å². The zero-order valence-corrected chi connectivity index (χ0v) is 18.4. The van der Waals surface area contributed by atoms with E-state index in [1.807, 2.05) is 18.7 Å². The molecule has 31 heavy (non-hydrogen) atoms. The third kappa shape index (κ3) is 5.73. The van der Waals surface area contributed by atoms with Gasteiger partial charge < -0.3 is 29.7 Å². The lowest BCUT2D eigenvalue weighted by atomic mass is 10.2. The Balaban J connectivity index is 1.58. The van der Waals surface area contributed by atoms with Crippen LogP contribution in [0, 0.1) is 5.82 Å². The van der Waals surface area contributed by atoms with Gasteiger partial charge in [0.25, 0.3) is 5.17 Å². The fourth-order valence-corrected chi connectivity index (χ4v) is 3.78. The van der Waals surface area contributed by atoms with Gasteiger partial charge in [0, 0.05) is 26.2 Å². The van der Waals surface area contributed by atoms with Crippen molar-refractivity contribution < 1.29 is 28.6 Å². The summed E-state index contributed by atoms with van der Waals surface area (Å²) in [7, 11) is 0. The third-order valence-electron chi connectivity index (χ3n) is 5.04. The second-order valence-electron chi connectivity index (χ2n) is 7.61. The number of aliphatic hydroxyl groups excluding tert-OH is 1. The Hall–Kier alpha value is -2.66. The average Bonchev–Trinajstić information content (AvgIpc) is 3.12. The molecule has 1 atom stereocenters. The molecule has 0 spiro atoms. The number of anilines is 2. The van der Waals surface area contributed by atoms with Crippen molar-refractivity contribution in [2.24, 2.45) is 0 Å². The number of cyclic esters (lactones) is 1. The first-order valence-electron chi connectivity index (χ1n) is 10.1. The van der Waals surface area contributed by atoms with Crippen LogP contribution in [0.2, 0.25) is 0 Å². The van der Waals surface area contributed by atoms with Gasteiger partial charge in [0.1, 0.15) is 18.5 Å². The zero-order valence-electron chi connectivity index (χ0n) is 17.5. The summed E-state index contributed by atoms with van der Waals surface area (Å²) in [5.41, 5.74) is 0.811. The van der Waals surface area contributed by atoms with Crippen LogP contribution in [0.5, 0.6) is 0 Å². The van der Waals surface area contributed by atoms with Gasteiger partial charge in [-0.25, -0.2) is 9.18 Å². The first-order chi connectivity index (χ1) is 14.8. The topological polar surface area (TPSA) is 94.6 Å². The highest BCUT2D eigenvalue weighted by Gasteiger charge is 2.33. The van der Waals surface area contributed by atoms with E-state index in [0.717, 1.165) is 0 Å². The summed E-state index contributed by atoms with van der Waals surface area (Å²) in [5, 5.41) is 12.1. The van der Waals surface area contributed by atoms with Crippen LogP contribution in [0.15, 0.2) is 18.2 Å². The molecule has 2 fully saturated rings. The highest BCUT2D eigenvalue weighted by Crippen LogP contribution is 2.28. The molecule has 0 aromatic heterocycles. The summed E-state index contributed by atoms with van der Waals surface area (Å²) in [6.07, 6.45) is -1.05. The molecule has 3 rings (SSSR count). The fourth-order valence-electron chi connectivity index (χ4n) is 3.51. The summed E-state index contributed by atoms with van der Waals surface area (Å²) in [4.78, 5) is 28.6. The van der Waals surface area contributed by atoms with Crippen molar-refractivity contribution in [2.45, 2.75) is 26.1 Å². The van der Waals surface area contributed by atoms with Crippen molar-refractivity contribution in [3.63, 3.8) is 0 Å². The second-order valence-corrected chi connectivity index (χ2v) is 7.98. The van der Waals surface area contributed by atoms with Crippen molar-refractivity contribution in [1.82, 2.24) is 10.2 Å². The minimum Gasteiger partial charge on any atom is -0.468 e. The zero-order chi connectivity index (χ0) is 22.5. The van der Waals surface area contributed by atoms with E-state index in [1.54, 1.807) is 17.0 Å². The molecule has 2 aliphatic rings. The smallest absolute Gasteiger partial charge is 0.414 e. The fraction of sp³-hybridized carbons (Fsp3) is 0.550. The van der Waals surface area contributed by atoms with E-state index in [9.17, 15) is 14.0 Å². The molecular formula is C20H27FN4O5S. The van der Waals surface area contributed by atoms with Crippen LogP contribution >= 0.6 is 12.2 Å². The maximum Gasteiger partial charge on any atom is 0.414 e. The Labute approximate surface area is 185 Å².